The predicted octanol–water partition coefficient (Wildman–Crippen LogP) is 4.57. The number of carbonyl (C=O) groups is 4. The molecule has 5 aromatic carbocycles. The molecule has 0 radical (unpaired) electrons. The highest BCUT2D eigenvalue weighted by molar-refractivity contribution is 7.89. The van der Waals surface area contributed by atoms with Crippen molar-refractivity contribution in [3.05, 3.63) is 145 Å². The molecule has 0 unspecified atom stereocenters. The summed E-state index contributed by atoms with van der Waals surface area (Å²) < 4.78 is 91.2. The number of imide groups is 2. The van der Waals surface area contributed by atoms with Crippen LogP contribution in [-0.2, 0) is 50.7 Å². The Labute approximate surface area is 335 Å². The smallest absolute Gasteiger partial charge is 0.272 e. The summed E-state index contributed by atoms with van der Waals surface area (Å²) >= 11 is 0. The minimum atomic E-state index is -4.10. The third kappa shape index (κ3) is 10.8. The van der Waals surface area contributed by atoms with Crippen LogP contribution in [0.15, 0.2) is 137 Å². The van der Waals surface area contributed by atoms with Gasteiger partial charge in [-0.1, -0.05) is 30.3 Å². The van der Waals surface area contributed by atoms with Crippen LogP contribution in [-0.4, -0.2) is 67.9 Å². The zero-order valence-electron chi connectivity index (χ0n) is 30.3. The molecule has 2 aliphatic rings. The molecule has 7 rings (SSSR count). The minimum absolute atomic E-state index is 0.00664. The molecule has 5 aromatic rings. The Morgan fingerprint density at radius 2 is 0.949 bits per heavy atom. The van der Waals surface area contributed by atoms with Gasteiger partial charge in [-0.15, -0.1) is 0 Å². The van der Waals surface area contributed by atoms with Gasteiger partial charge in [-0.3, -0.25) is 29.2 Å². The van der Waals surface area contributed by atoms with E-state index in [-0.39, 0.29) is 27.9 Å². The quantitative estimate of drug-likeness (QED) is 0.110. The summed E-state index contributed by atoms with van der Waals surface area (Å²) in [6, 6.07) is 27.7. The van der Waals surface area contributed by atoms with Gasteiger partial charge >= 0.3 is 0 Å². The summed E-state index contributed by atoms with van der Waals surface area (Å²) in [4.78, 5) is 52.6. The van der Waals surface area contributed by atoms with Crippen molar-refractivity contribution in [2.45, 2.75) is 41.3 Å². The molecule has 0 aromatic heterocycles. The van der Waals surface area contributed by atoms with E-state index >= 15 is 0 Å². The third-order valence-electron chi connectivity index (χ3n) is 8.39. The van der Waals surface area contributed by atoms with Crippen molar-refractivity contribution >= 4 is 43.7 Å². The van der Waals surface area contributed by atoms with Gasteiger partial charge in [0, 0.05) is 0 Å². The average molecular weight is 851 g/mol. The van der Waals surface area contributed by atoms with Gasteiger partial charge in [0.15, 0.2) is 0 Å². The van der Waals surface area contributed by atoms with Crippen molar-refractivity contribution in [3.8, 4) is 23.0 Å². The van der Waals surface area contributed by atoms with Crippen LogP contribution in [0.4, 0.5) is 8.78 Å². The fraction of sp³-hybridized carbons (Fsp3) is 0.128. The number of sulfonamides is 2. The second kappa shape index (κ2) is 18.0. The molecule has 16 nitrogen and oxygen atoms in total. The first kappa shape index (κ1) is 42.2. The standard InChI is InChI=1S/C23H19FN2O6S.C16H13FN2O6S/c24-17-6-8-18(9-7-17)32-19-10-12-20(13-11-19)33(29,30)25-21-14-22(27)26(23(21)28)31-15-16-4-2-1-3-5-16;17-10-1-3-11(4-2-10)25-12-5-7-13(8-6-12)26(23,24)18-14-9-15(20)19(22)16(14)21/h1-13,21,25H,14-15H2;1-8,14,18,22H,9H2/t21-;14-/m10/s1. The van der Waals surface area contributed by atoms with Crippen LogP contribution in [0.3, 0.4) is 0 Å². The van der Waals surface area contributed by atoms with Crippen LogP contribution in [0.5, 0.6) is 23.0 Å². The Hall–Kier alpha value is -6.42. The molecule has 20 heteroatoms. The van der Waals surface area contributed by atoms with Crippen molar-refractivity contribution in [1.29, 1.82) is 0 Å². The van der Waals surface area contributed by atoms with Gasteiger partial charge < -0.3 is 9.47 Å². The first-order valence-electron chi connectivity index (χ1n) is 17.3. The lowest BCUT2D eigenvalue weighted by molar-refractivity contribution is -0.191. The molecule has 0 spiro atoms. The maximum Gasteiger partial charge on any atom is 0.272 e. The molecule has 2 aliphatic heterocycles. The van der Waals surface area contributed by atoms with E-state index in [4.69, 9.17) is 19.5 Å². The molecule has 0 saturated carbocycles. The number of hydrogen-bond acceptors (Lipinski definition) is 12. The van der Waals surface area contributed by atoms with Crippen LogP contribution >= 0.6 is 0 Å². The molecule has 3 N–H and O–H groups in total. The van der Waals surface area contributed by atoms with Crippen molar-refractivity contribution in [2.24, 2.45) is 0 Å². The lowest BCUT2D eigenvalue weighted by Gasteiger charge is -2.15. The second-order valence-corrected chi connectivity index (χ2v) is 16.1. The summed E-state index contributed by atoms with van der Waals surface area (Å²) in [6.45, 7) is -0.00664. The first-order chi connectivity index (χ1) is 28.1. The largest absolute Gasteiger partial charge is 0.457 e. The fourth-order valence-corrected chi connectivity index (χ4v) is 7.80. The van der Waals surface area contributed by atoms with Crippen molar-refractivity contribution in [1.82, 2.24) is 19.6 Å². The Bertz CT molecular complexity index is 2550. The van der Waals surface area contributed by atoms with Gasteiger partial charge in [0.05, 0.1) is 22.6 Å². The van der Waals surface area contributed by atoms with Gasteiger partial charge in [0.1, 0.15) is 53.3 Å². The molecule has 0 aliphatic carbocycles. The van der Waals surface area contributed by atoms with Gasteiger partial charge in [-0.25, -0.2) is 25.6 Å². The van der Waals surface area contributed by atoms with Crippen LogP contribution in [0.25, 0.3) is 0 Å². The number of nitrogens with zero attached hydrogens (tertiary/aromatic N) is 2. The van der Waals surface area contributed by atoms with E-state index in [1.807, 2.05) is 6.07 Å². The molecule has 4 amide bonds. The van der Waals surface area contributed by atoms with E-state index in [0.29, 0.717) is 28.1 Å². The van der Waals surface area contributed by atoms with E-state index in [9.17, 15) is 44.8 Å². The number of hydroxylamine groups is 4. The number of nitrogens with one attached hydrogen (secondary N) is 2. The highest BCUT2D eigenvalue weighted by Gasteiger charge is 2.42. The molecular weight excluding hydrogens is 819 g/mol. The summed E-state index contributed by atoms with van der Waals surface area (Å²) in [6.07, 6.45) is -0.807. The Morgan fingerprint density at radius 3 is 1.36 bits per heavy atom. The molecule has 59 heavy (non-hydrogen) atoms. The van der Waals surface area contributed by atoms with Crippen molar-refractivity contribution < 1.29 is 64.3 Å². The number of halogens is 2. The SMILES string of the molecule is O=C1C[C@@H](NS(=O)(=O)c2ccc(Oc3ccc(F)cc3)cc2)C(=O)N1OCc1ccccc1.O=C1C[C@H](NS(=O)(=O)c2ccc(Oc3ccc(F)cc3)cc2)C(=O)N1O. The molecule has 2 heterocycles. The molecule has 2 atom stereocenters. The maximum absolute atomic E-state index is 13.0. The van der Waals surface area contributed by atoms with Gasteiger partial charge in [-0.05, 0) is 103 Å². The molecule has 0 bridgehead atoms. The normalized spacial score (nSPS) is 16.9. The Kier molecular flexibility index (Phi) is 12.9. The van der Waals surface area contributed by atoms with Crippen LogP contribution in [0.2, 0.25) is 0 Å². The highest BCUT2D eigenvalue weighted by atomic mass is 32.2. The number of hydrogen-bond donors (Lipinski definition) is 3. The van der Waals surface area contributed by atoms with Gasteiger partial charge in [-0.2, -0.15) is 19.6 Å². The molecule has 2 saturated heterocycles. The van der Waals surface area contributed by atoms with E-state index in [1.54, 1.807) is 24.3 Å². The molecule has 306 valence electrons. The lowest BCUT2D eigenvalue weighted by atomic mass is 10.2. The number of rotatable bonds is 13. The lowest BCUT2D eigenvalue weighted by Crippen LogP contribution is -2.41. The predicted molar refractivity (Wildman–Crippen MR) is 200 cm³/mol. The number of carbonyl (C=O) groups excluding carboxylic acids is 4. The monoisotopic (exact) mass is 850 g/mol. The summed E-state index contributed by atoms with van der Waals surface area (Å²) in [5.41, 5.74) is 0.755. The van der Waals surface area contributed by atoms with Crippen molar-refractivity contribution in [3.63, 3.8) is 0 Å². The summed E-state index contributed by atoms with van der Waals surface area (Å²) in [5, 5.41) is 9.65. The second-order valence-electron chi connectivity index (χ2n) is 12.6. The minimum Gasteiger partial charge on any atom is -0.457 e. The number of benzene rings is 5. The van der Waals surface area contributed by atoms with E-state index in [2.05, 4.69) is 9.44 Å². The summed E-state index contributed by atoms with van der Waals surface area (Å²) in [7, 11) is -8.18. The van der Waals surface area contributed by atoms with Crippen LogP contribution in [0, 0.1) is 11.6 Å². The fourth-order valence-electron chi connectivity index (χ4n) is 5.42. The van der Waals surface area contributed by atoms with Crippen molar-refractivity contribution in [2.75, 3.05) is 0 Å². The van der Waals surface area contributed by atoms with E-state index in [0.717, 1.165) is 5.56 Å². The zero-order valence-corrected chi connectivity index (χ0v) is 31.9. The Balaban J connectivity index is 0.000000204. The average Bonchev–Trinajstić information content (AvgIpc) is 3.61. The molecule has 2 fully saturated rings. The van der Waals surface area contributed by atoms with Crippen LogP contribution < -0.4 is 18.9 Å². The number of amides is 4. The highest BCUT2D eigenvalue weighted by Crippen LogP contribution is 2.26. The maximum atomic E-state index is 13.0. The van der Waals surface area contributed by atoms with Gasteiger partial charge in [0.25, 0.3) is 23.6 Å². The third-order valence-corrected chi connectivity index (χ3v) is 11.4. The summed E-state index contributed by atoms with van der Waals surface area (Å²) in [5.74, 6) is -2.72. The van der Waals surface area contributed by atoms with Crippen LogP contribution in [0.1, 0.15) is 18.4 Å². The molecular formula is C39H32F2N4O12S2. The first-order valence-corrected chi connectivity index (χ1v) is 20.3. The topological polar surface area (TPSA) is 215 Å². The van der Waals surface area contributed by atoms with Gasteiger partial charge in [0.2, 0.25) is 20.0 Å². The Morgan fingerprint density at radius 1 is 0.559 bits per heavy atom. The van der Waals surface area contributed by atoms with E-state index < -0.39 is 73.8 Å². The van der Waals surface area contributed by atoms with E-state index in [1.165, 1.54) is 97.1 Å². The zero-order chi connectivity index (χ0) is 42.3. The number of ether oxygens (including phenoxy) is 2.